The standard InChI is InChI=1S/C14H31NO2S/c1-7-9-15-13(14(4,5)17-6)11-18(16)10-12(3)8-2/h12-13,15H,7-11H2,1-6H3. The number of hydrogen-bond donors (Lipinski definition) is 1. The monoisotopic (exact) mass is 277 g/mol. The summed E-state index contributed by atoms with van der Waals surface area (Å²) in [7, 11) is 0.946. The van der Waals surface area contributed by atoms with E-state index in [-0.39, 0.29) is 11.6 Å². The van der Waals surface area contributed by atoms with E-state index in [0.29, 0.717) is 11.7 Å². The average molecular weight is 277 g/mol. The van der Waals surface area contributed by atoms with Crippen LogP contribution in [-0.2, 0) is 15.5 Å². The van der Waals surface area contributed by atoms with Crippen LogP contribution in [0.1, 0.15) is 47.5 Å². The third-order valence-corrected chi connectivity index (χ3v) is 5.17. The highest BCUT2D eigenvalue weighted by molar-refractivity contribution is 7.85. The first-order valence-electron chi connectivity index (χ1n) is 7.00. The summed E-state index contributed by atoms with van der Waals surface area (Å²) in [5.41, 5.74) is -0.277. The molecule has 0 amide bonds. The molecule has 0 aromatic rings. The largest absolute Gasteiger partial charge is 0.377 e. The highest BCUT2D eigenvalue weighted by atomic mass is 32.2. The summed E-state index contributed by atoms with van der Waals surface area (Å²) in [4.78, 5) is 0. The van der Waals surface area contributed by atoms with Crippen LogP contribution in [0.5, 0.6) is 0 Å². The van der Waals surface area contributed by atoms with Gasteiger partial charge in [0.15, 0.2) is 0 Å². The zero-order valence-electron chi connectivity index (χ0n) is 12.9. The summed E-state index contributed by atoms with van der Waals surface area (Å²) in [6.07, 6.45) is 2.17. The van der Waals surface area contributed by atoms with Gasteiger partial charge in [0.25, 0.3) is 0 Å². The van der Waals surface area contributed by atoms with Crippen molar-refractivity contribution in [3.05, 3.63) is 0 Å². The molecule has 0 saturated heterocycles. The number of hydrogen-bond acceptors (Lipinski definition) is 3. The summed E-state index contributed by atoms with van der Waals surface area (Å²) in [6.45, 7) is 11.5. The molecule has 0 saturated carbocycles. The van der Waals surface area contributed by atoms with Gasteiger partial charge in [0.2, 0.25) is 0 Å². The Balaban J connectivity index is 4.44. The average Bonchev–Trinajstić information content (AvgIpc) is 2.33. The van der Waals surface area contributed by atoms with Crippen LogP contribution in [0.4, 0.5) is 0 Å². The van der Waals surface area contributed by atoms with Crippen molar-refractivity contribution in [1.29, 1.82) is 0 Å². The van der Waals surface area contributed by atoms with Crippen LogP contribution in [0.25, 0.3) is 0 Å². The van der Waals surface area contributed by atoms with E-state index in [4.69, 9.17) is 4.74 Å². The Kier molecular flexibility index (Phi) is 9.09. The van der Waals surface area contributed by atoms with Crippen LogP contribution in [-0.4, -0.2) is 41.0 Å². The van der Waals surface area contributed by atoms with Gasteiger partial charge in [0, 0.05) is 35.5 Å². The fourth-order valence-corrected chi connectivity index (χ4v) is 3.55. The van der Waals surface area contributed by atoms with E-state index < -0.39 is 10.8 Å². The van der Waals surface area contributed by atoms with Crippen molar-refractivity contribution >= 4 is 10.8 Å². The Labute approximate surface area is 116 Å². The van der Waals surface area contributed by atoms with Crippen molar-refractivity contribution in [2.75, 3.05) is 25.2 Å². The van der Waals surface area contributed by atoms with Crippen molar-refractivity contribution in [3.63, 3.8) is 0 Å². The normalized spacial score (nSPS) is 17.4. The highest BCUT2D eigenvalue weighted by Gasteiger charge is 2.30. The molecule has 0 aromatic carbocycles. The quantitative estimate of drug-likeness (QED) is 0.667. The third-order valence-electron chi connectivity index (χ3n) is 3.53. The van der Waals surface area contributed by atoms with Crippen molar-refractivity contribution in [2.45, 2.75) is 59.1 Å². The van der Waals surface area contributed by atoms with Gasteiger partial charge in [-0.2, -0.15) is 0 Å². The molecule has 0 aliphatic rings. The Morgan fingerprint density at radius 2 is 1.89 bits per heavy atom. The molecule has 0 aromatic heterocycles. The van der Waals surface area contributed by atoms with Gasteiger partial charge in [-0.3, -0.25) is 4.21 Å². The molecular formula is C14H31NO2S. The van der Waals surface area contributed by atoms with Gasteiger partial charge in [-0.15, -0.1) is 0 Å². The van der Waals surface area contributed by atoms with Crippen LogP contribution in [0.2, 0.25) is 0 Å². The smallest absolute Gasteiger partial charge is 0.0784 e. The highest BCUT2D eigenvalue weighted by Crippen LogP contribution is 2.16. The molecule has 3 atom stereocenters. The minimum absolute atomic E-state index is 0.146. The third kappa shape index (κ3) is 6.86. The van der Waals surface area contributed by atoms with Crippen molar-refractivity contribution in [1.82, 2.24) is 5.32 Å². The molecular weight excluding hydrogens is 246 g/mol. The zero-order valence-corrected chi connectivity index (χ0v) is 13.7. The topological polar surface area (TPSA) is 38.3 Å². The SMILES string of the molecule is CCCNC(CS(=O)CC(C)CC)C(C)(C)OC. The summed E-state index contributed by atoms with van der Waals surface area (Å²) >= 11 is 0. The first-order chi connectivity index (χ1) is 8.37. The maximum Gasteiger partial charge on any atom is 0.0784 e. The second-order valence-electron chi connectivity index (χ2n) is 5.60. The molecule has 110 valence electrons. The lowest BCUT2D eigenvalue weighted by atomic mass is 10.0. The summed E-state index contributed by atoms with van der Waals surface area (Å²) < 4.78 is 17.7. The number of ether oxygens (including phenoxy) is 1. The van der Waals surface area contributed by atoms with Crippen molar-refractivity contribution in [3.8, 4) is 0 Å². The summed E-state index contributed by atoms with van der Waals surface area (Å²) in [5.74, 6) is 1.99. The lowest BCUT2D eigenvalue weighted by Gasteiger charge is -2.33. The molecule has 0 aliphatic heterocycles. The Morgan fingerprint density at radius 1 is 1.28 bits per heavy atom. The van der Waals surface area contributed by atoms with Gasteiger partial charge in [-0.05, 0) is 32.7 Å². The molecule has 0 rings (SSSR count). The minimum atomic E-state index is -0.774. The Bertz CT molecular complexity index is 244. The van der Waals surface area contributed by atoms with Gasteiger partial charge in [0.1, 0.15) is 0 Å². The Morgan fingerprint density at radius 3 is 2.33 bits per heavy atom. The summed E-state index contributed by atoms with van der Waals surface area (Å²) in [6, 6.07) is 0.146. The molecule has 1 N–H and O–H groups in total. The molecule has 3 unspecified atom stereocenters. The van der Waals surface area contributed by atoms with Gasteiger partial charge < -0.3 is 10.1 Å². The van der Waals surface area contributed by atoms with Gasteiger partial charge in [0.05, 0.1) is 5.60 Å². The first kappa shape index (κ1) is 18.1. The summed E-state index contributed by atoms with van der Waals surface area (Å²) in [5, 5.41) is 3.46. The van der Waals surface area contributed by atoms with Gasteiger partial charge >= 0.3 is 0 Å². The Hall–Kier alpha value is 0.0700. The zero-order chi connectivity index (χ0) is 14.2. The number of rotatable bonds is 10. The number of methoxy groups -OCH3 is 1. The fraction of sp³-hybridized carbons (Fsp3) is 1.00. The predicted molar refractivity (Wildman–Crippen MR) is 80.5 cm³/mol. The maximum atomic E-state index is 12.2. The second-order valence-corrected chi connectivity index (χ2v) is 7.15. The first-order valence-corrected chi connectivity index (χ1v) is 8.49. The van der Waals surface area contributed by atoms with E-state index in [0.717, 1.165) is 25.1 Å². The molecule has 0 radical (unpaired) electrons. The molecule has 0 spiro atoms. The lowest BCUT2D eigenvalue weighted by Crippen LogP contribution is -2.51. The maximum absolute atomic E-state index is 12.2. The fourth-order valence-electron chi connectivity index (χ4n) is 1.66. The van der Waals surface area contributed by atoms with Crippen LogP contribution < -0.4 is 5.32 Å². The molecule has 4 heteroatoms. The molecule has 0 fully saturated rings. The molecule has 3 nitrogen and oxygen atoms in total. The van der Waals surface area contributed by atoms with Crippen LogP contribution >= 0.6 is 0 Å². The molecule has 0 aliphatic carbocycles. The van der Waals surface area contributed by atoms with E-state index in [1.165, 1.54) is 0 Å². The lowest BCUT2D eigenvalue weighted by molar-refractivity contribution is -0.00370. The molecule has 0 bridgehead atoms. The molecule has 18 heavy (non-hydrogen) atoms. The number of nitrogens with one attached hydrogen (secondary N) is 1. The van der Waals surface area contributed by atoms with Gasteiger partial charge in [-0.1, -0.05) is 27.2 Å². The second kappa shape index (κ2) is 9.05. The predicted octanol–water partition coefficient (Wildman–Crippen LogP) is 2.57. The van der Waals surface area contributed by atoms with E-state index >= 15 is 0 Å². The van der Waals surface area contributed by atoms with E-state index in [1.807, 2.05) is 0 Å². The molecule has 0 heterocycles. The van der Waals surface area contributed by atoms with E-state index in [2.05, 4.69) is 39.9 Å². The van der Waals surface area contributed by atoms with Gasteiger partial charge in [-0.25, -0.2) is 0 Å². The van der Waals surface area contributed by atoms with E-state index in [1.54, 1.807) is 7.11 Å². The van der Waals surface area contributed by atoms with Crippen molar-refractivity contribution < 1.29 is 8.95 Å². The van der Waals surface area contributed by atoms with Crippen molar-refractivity contribution in [2.24, 2.45) is 5.92 Å². The van der Waals surface area contributed by atoms with E-state index in [9.17, 15) is 4.21 Å². The van der Waals surface area contributed by atoms with Crippen LogP contribution in [0.15, 0.2) is 0 Å². The minimum Gasteiger partial charge on any atom is -0.377 e. The van der Waals surface area contributed by atoms with Crippen LogP contribution in [0, 0.1) is 5.92 Å². The van der Waals surface area contributed by atoms with Crippen LogP contribution in [0.3, 0.4) is 0 Å².